The highest BCUT2D eigenvalue weighted by atomic mass is 32.2. The van der Waals surface area contributed by atoms with Gasteiger partial charge in [0.25, 0.3) is 0 Å². The predicted molar refractivity (Wildman–Crippen MR) is 130 cm³/mol. The highest BCUT2D eigenvalue weighted by Crippen LogP contribution is 2.50. The van der Waals surface area contributed by atoms with Gasteiger partial charge in [-0.25, -0.2) is 8.42 Å². The van der Waals surface area contributed by atoms with Crippen molar-refractivity contribution in [3.8, 4) is 23.0 Å². The molecule has 34 heavy (non-hydrogen) atoms. The van der Waals surface area contributed by atoms with Gasteiger partial charge in [0, 0.05) is 18.2 Å². The van der Waals surface area contributed by atoms with Crippen molar-refractivity contribution >= 4 is 9.84 Å². The fourth-order valence-corrected chi connectivity index (χ4v) is 4.69. The van der Waals surface area contributed by atoms with E-state index in [-0.39, 0.29) is 12.5 Å². The van der Waals surface area contributed by atoms with Gasteiger partial charge in [-0.05, 0) is 32.4 Å². The van der Waals surface area contributed by atoms with Crippen LogP contribution in [0.4, 0.5) is 0 Å². The smallest absolute Gasteiger partial charge is 0.207 e. The summed E-state index contributed by atoms with van der Waals surface area (Å²) in [5, 5.41) is 0. The number of methoxy groups -OCH3 is 4. The normalized spacial score (nSPS) is 11.9. The Balaban J connectivity index is 2.36. The molecule has 0 aliphatic carbocycles. The number of rotatable bonds is 14. The molecule has 0 aliphatic heterocycles. The molecule has 0 saturated heterocycles. The van der Waals surface area contributed by atoms with Crippen molar-refractivity contribution in [2.75, 3.05) is 54.2 Å². The lowest BCUT2D eigenvalue weighted by molar-refractivity contribution is -0.00994. The summed E-state index contributed by atoms with van der Waals surface area (Å²) < 4.78 is 58.5. The van der Waals surface area contributed by atoms with Crippen LogP contribution in [0.5, 0.6) is 23.0 Å². The van der Waals surface area contributed by atoms with E-state index in [1.54, 1.807) is 50.6 Å². The van der Waals surface area contributed by atoms with Gasteiger partial charge < -0.3 is 28.4 Å². The second-order valence-corrected chi connectivity index (χ2v) is 9.55. The van der Waals surface area contributed by atoms with E-state index in [0.717, 1.165) is 16.7 Å². The Labute approximate surface area is 202 Å². The fourth-order valence-electron chi connectivity index (χ4n) is 3.42. The van der Waals surface area contributed by atoms with Crippen LogP contribution in [0.3, 0.4) is 0 Å². The van der Waals surface area contributed by atoms with Crippen molar-refractivity contribution in [1.82, 2.24) is 0 Å². The summed E-state index contributed by atoms with van der Waals surface area (Å²) in [5.74, 6) is 1.65. The molecule has 0 atom stereocenters. The summed E-state index contributed by atoms with van der Waals surface area (Å²) in [4.78, 5) is 0.295. The molecule has 2 aromatic rings. The summed E-state index contributed by atoms with van der Waals surface area (Å²) >= 11 is 0. The molecule has 0 bridgehead atoms. The Hall–Kier alpha value is -2.75. The minimum atomic E-state index is -3.43. The first-order valence-electron chi connectivity index (χ1n) is 10.7. The Bertz CT molecular complexity index is 1060. The van der Waals surface area contributed by atoms with Crippen molar-refractivity contribution in [1.29, 1.82) is 0 Å². The van der Waals surface area contributed by atoms with Crippen LogP contribution in [0.25, 0.3) is 0 Å². The van der Waals surface area contributed by atoms with Gasteiger partial charge in [-0.1, -0.05) is 29.8 Å². The summed E-state index contributed by atoms with van der Waals surface area (Å²) in [6.45, 7) is 4.60. The van der Waals surface area contributed by atoms with Gasteiger partial charge in [-0.2, -0.15) is 0 Å². The third-order valence-corrected chi connectivity index (χ3v) is 6.82. The molecular weight excluding hydrogens is 460 g/mol. The lowest BCUT2D eigenvalue weighted by Gasteiger charge is -2.22. The summed E-state index contributed by atoms with van der Waals surface area (Å²) in [6.07, 6.45) is 2.15. The molecule has 188 valence electrons. The minimum absolute atomic E-state index is 0.000373. The zero-order chi connectivity index (χ0) is 25.1. The van der Waals surface area contributed by atoms with E-state index in [2.05, 4.69) is 0 Å². The largest absolute Gasteiger partial charge is 0.492 e. The van der Waals surface area contributed by atoms with Gasteiger partial charge in [0.2, 0.25) is 11.5 Å². The standard InChI is InChI=1S/C25H34O8S/c1-18(12-15-34(26,27)20-10-8-7-9-11-20)16-21-19(2)22(33-17-32-14-13-28-3)24(30-5)25(31-6)23(21)29-4/h7-12H,13-17H2,1-6H3/b18-12+. The second-order valence-electron chi connectivity index (χ2n) is 7.52. The molecule has 9 heteroatoms. The molecular formula is C25H34O8S. The number of hydrogen-bond acceptors (Lipinski definition) is 8. The zero-order valence-electron chi connectivity index (χ0n) is 20.7. The van der Waals surface area contributed by atoms with Crippen LogP contribution in [-0.4, -0.2) is 62.6 Å². The lowest BCUT2D eigenvalue weighted by Crippen LogP contribution is -2.11. The third-order valence-electron chi connectivity index (χ3n) is 5.23. The zero-order valence-corrected chi connectivity index (χ0v) is 21.5. The van der Waals surface area contributed by atoms with E-state index >= 15 is 0 Å². The number of allylic oxidation sites excluding steroid dienone is 1. The first-order valence-corrected chi connectivity index (χ1v) is 12.4. The van der Waals surface area contributed by atoms with Crippen LogP contribution in [-0.2, 0) is 25.7 Å². The molecule has 2 rings (SSSR count). The van der Waals surface area contributed by atoms with Crippen LogP contribution in [0.2, 0.25) is 0 Å². The summed E-state index contributed by atoms with van der Waals surface area (Å²) in [7, 11) is 2.76. The average Bonchev–Trinajstić information content (AvgIpc) is 2.84. The molecule has 0 heterocycles. The van der Waals surface area contributed by atoms with E-state index in [0.29, 0.717) is 47.5 Å². The maximum absolute atomic E-state index is 12.7. The van der Waals surface area contributed by atoms with E-state index in [1.807, 2.05) is 13.8 Å². The molecule has 0 saturated carbocycles. The number of benzene rings is 2. The minimum Gasteiger partial charge on any atom is -0.492 e. The van der Waals surface area contributed by atoms with E-state index in [9.17, 15) is 8.42 Å². The molecule has 0 aromatic heterocycles. The SMILES string of the molecule is COCCOCOc1c(C)c(C/C(C)=C/CS(=O)(=O)c2ccccc2)c(OC)c(OC)c1OC. The molecule has 8 nitrogen and oxygen atoms in total. The van der Waals surface area contributed by atoms with Gasteiger partial charge in [-0.3, -0.25) is 0 Å². The topological polar surface area (TPSA) is 89.5 Å². The molecule has 0 spiro atoms. The summed E-state index contributed by atoms with van der Waals surface area (Å²) in [6, 6.07) is 8.40. The number of hydrogen-bond donors (Lipinski definition) is 0. The third kappa shape index (κ3) is 6.88. The van der Waals surface area contributed by atoms with Crippen molar-refractivity contribution < 1.29 is 36.8 Å². The second kappa shape index (κ2) is 13.2. The van der Waals surface area contributed by atoms with Crippen molar-refractivity contribution in [3.05, 3.63) is 53.1 Å². The van der Waals surface area contributed by atoms with Crippen LogP contribution in [0.1, 0.15) is 18.1 Å². The molecule has 0 fully saturated rings. The molecule has 0 N–H and O–H groups in total. The van der Waals surface area contributed by atoms with E-state index in [4.69, 9.17) is 28.4 Å². The van der Waals surface area contributed by atoms with Crippen LogP contribution in [0, 0.1) is 6.92 Å². The van der Waals surface area contributed by atoms with E-state index in [1.165, 1.54) is 14.2 Å². The molecule has 0 amide bonds. The lowest BCUT2D eigenvalue weighted by atomic mass is 9.98. The van der Waals surface area contributed by atoms with Gasteiger partial charge in [0.15, 0.2) is 28.1 Å². The Morgan fingerprint density at radius 1 is 0.882 bits per heavy atom. The summed E-state index contributed by atoms with van der Waals surface area (Å²) in [5.41, 5.74) is 2.44. The van der Waals surface area contributed by atoms with E-state index < -0.39 is 9.84 Å². The van der Waals surface area contributed by atoms with Crippen LogP contribution < -0.4 is 18.9 Å². The molecule has 0 radical (unpaired) electrons. The Kier molecular flexibility index (Phi) is 10.7. The highest BCUT2D eigenvalue weighted by molar-refractivity contribution is 7.91. The quantitative estimate of drug-likeness (QED) is 0.221. The maximum atomic E-state index is 12.7. The molecule has 0 unspecified atom stereocenters. The van der Waals surface area contributed by atoms with Gasteiger partial charge >= 0.3 is 0 Å². The van der Waals surface area contributed by atoms with Crippen molar-refractivity contribution in [2.24, 2.45) is 0 Å². The van der Waals surface area contributed by atoms with Crippen molar-refractivity contribution in [3.63, 3.8) is 0 Å². The van der Waals surface area contributed by atoms with Crippen molar-refractivity contribution in [2.45, 2.75) is 25.2 Å². The van der Waals surface area contributed by atoms with Gasteiger partial charge in [-0.15, -0.1) is 0 Å². The average molecular weight is 495 g/mol. The highest BCUT2D eigenvalue weighted by Gasteiger charge is 2.26. The number of sulfone groups is 1. The maximum Gasteiger partial charge on any atom is 0.207 e. The number of ether oxygens (including phenoxy) is 6. The first kappa shape index (κ1) is 27.5. The van der Waals surface area contributed by atoms with Gasteiger partial charge in [0.05, 0.1) is 45.2 Å². The molecule has 2 aromatic carbocycles. The fraction of sp³-hybridized carbons (Fsp3) is 0.440. The van der Waals surface area contributed by atoms with Crippen LogP contribution >= 0.6 is 0 Å². The first-order chi connectivity index (χ1) is 16.3. The predicted octanol–water partition coefficient (Wildman–Crippen LogP) is 3.98. The van der Waals surface area contributed by atoms with Gasteiger partial charge in [0.1, 0.15) is 0 Å². The van der Waals surface area contributed by atoms with Crippen LogP contribution in [0.15, 0.2) is 46.9 Å². The molecule has 0 aliphatic rings. The Morgan fingerprint density at radius 2 is 1.50 bits per heavy atom. The Morgan fingerprint density at radius 3 is 2.09 bits per heavy atom. The monoisotopic (exact) mass is 494 g/mol.